The molecule has 0 aromatic carbocycles. The van der Waals surface area contributed by atoms with Crippen LogP contribution in [0.4, 0.5) is 4.39 Å². The molecular weight excluding hydrogens is 147 g/mol. The van der Waals surface area contributed by atoms with E-state index in [9.17, 15) is 9.18 Å². The molecule has 0 unspecified atom stereocenters. The molecule has 1 saturated heterocycles. The zero-order valence-electron chi connectivity index (χ0n) is 6.40. The summed E-state index contributed by atoms with van der Waals surface area (Å²) in [4.78, 5) is 11.1. The lowest BCUT2D eigenvalue weighted by molar-refractivity contribution is -0.122. The first-order valence-corrected chi connectivity index (χ1v) is 3.91. The van der Waals surface area contributed by atoms with Crippen LogP contribution in [-0.4, -0.2) is 31.7 Å². The molecule has 11 heavy (non-hydrogen) atoms. The normalized spacial score (nSPS) is 23.5. The summed E-state index contributed by atoms with van der Waals surface area (Å²) in [7, 11) is 0. The fourth-order valence-corrected chi connectivity index (χ4v) is 1.20. The third-order valence-electron chi connectivity index (χ3n) is 1.77. The Kier molecular flexibility index (Phi) is 3.29. The van der Waals surface area contributed by atoms with Crippen molar-refractivity contribution in [2.24, 2.45) is 0 Å². The second-order valence-electron chi connectivity index (χ2n) is 2.63. The molecule has 0 saturated carbocycles. The summed E-state index contributed by atoms with van der Waals surface area (Å²) < 4.78 is 11.6. The molecule has 1 aliphatic heterocycles. The third-order valence-corrected chi connectivity index (χ3v) is 1.77. The molecule has 0 aromatic rings. The van der Waals surface area contributed by atoms with Crippen molar-refractivity contribution in [1.29, 1.82) is 0 Å². The minimum Gasteiger partial charge on any atom is -0.352 e. The van der Waals surface area contributed by atoms with Crippen molar-refractivity contribution in [3.63, 3.8) is 0 Å². The van der Waals surface area contributed by atoms with Crippen molar-refractivity contribution in [2.75, 3.05) is 19.8 Å². The van der Waals surface area contributed by atoms with Gasteiger partial charge in [-0.15, -0.1) is 0 Å². The molecule has 1 atom stereocenters. The molecule has 0 spiro atoms. The van der Waals surface area contributed by atoms with Crippen LogP contribution in [0.5, 0.6) is 0 Å². The lowest BCUT2D eigenvalue weighted by atomic mass is 10.2. The van der Waals surface area contributed by atoms with Crippen LogP contribution >= 0.6 is 0 Å². The van der Waals surface area contributed by atoms with Gasteiger partial charge in [0.2, 0.25) is 5.91 Å². The molecule has 1 fully saturated rings. The molecule has 1 rings (SSSR count). The third kappa shape index (κ3) is 2.46. The first-order valence-electron chi connectivity index (χ1n) is 3.91. The molecule has 0 radical (unpaired) electrons. The summed E-state index contributed by atoms with van der Waals surface area (Å²) in [6, 6.07) is -0.0819. The number of halogens is 1. The molecule has 0 aliphatic carbocycles. The van der Waals surface area contributed by atoms with E-state index in [1.165, 1.54) is 0 Å². The van der Waals surface area contributed by atoms with Crippen LogP contribution in [-0.2, 0) is 4.79 Å². The number of carbonyl (C=O) groups is 1. The van der Waals surface area contributed by atoms with Crippen LogP contribution in [0.1, 0.15) is 12.8 Å². The standard InChI is InChI=1S/C7H13FN2O/c8-3-5-10-7(11)6-2-1-4-9-6/h6,9H,1-5H2,(H,10,11)/t6-/m0/s1. The number of alkyl halides is 1. The van der Waals surface area contributed by atoms with Gasteiger partial charge in [0.05, 0.1) is 6.04 Å². The maximum atomic E-state index is 11.6. The first-order chi connectivity index (χ1) is 5.34. The molecule has 1 aliphatic rings. The fourth-order valence-electron chi connectivity index (χ4n) is 1.20. The largest absolute Gasteiger partial charge is 0.352 e. The lowest BCUT2D eigenvalue weighted by Gasteiger charge is -2.08. The summed E-state index contributed by atoms with van der Waals surface area (Å²) in [6.07, 6.45) is 1.91. The zero-order valence-corrected chi connectivity index (χ0v) is 6.40. The van der Waals surface area contributed by atoms with Crippen molar-refractivity contribution in [1.82, 2.24) is 10.6 Å². The van der Waals surface area contributed by atoms with E-state index in [1.54, 1.807) is 0 Å². The Morgan fingerprint density at radius 2 is 2.55 bits per heavy atom. The van der Waals surface area contributed by atoms with E-state index in [0.29, 0.717) is 0 Å². The SMILES string of the molecule is O=C(NCCF)[C@@H]1CCCN1. The van der Waals surface area contributed by atoms with Crippen molar-refractivity contribution in [3.05, 3.63) is 0 Å². The second-order valence-corrected chi connectivity index (χ2v) is 2.63. The van der Waals surface area contributed by atoms with Gasteiger partial charge in [-0.25, -0.2) is 4.39 Å². The highest BCUT2D eigenvalue weighted by Crippen LogP contribution is 2.03. The summed E-state index contributed by atoms with van der Waals surface area (Å²) >= 11 is 0. The van der Waals surface area contributed by atoms with Crippen LogP contribution in [0.15, 0.2) is 0 Å². The Balaban J connectivity index is 2.17. The summed E-state index contributed by atoms with van der Waals surface area (Å²) in [5, 5.41) is 5.53. The predicted octanol–water partition coefficient (Wildman–Crippen LogP) is -0.176. The van der Waals surface area contributed by atoms with E-state index in [0.717, 1.165) is 19.4 Å². The highest BCUT2D eigenvalue weighted by Gasteiger charge is 2.20. The van der Waals surface area contributed by atoms with Gasteiger partial charge in [0.15, 0.2) is 0 Å². The Labute approximate surface area is 65.3 Å². The Morgan fingerprint density at radius 1 is 1.73 bits per heavy atom. The number of rotatable bonds is 3. The van der Waals surface area contributed by atoms with Crippen molar-refractivity contribution in [3.8, 4) is 0 Å². The fraction of sp³-hybridized carbons (Fsp3) is 0.857. The minimum absolute atomic E-state index is 0.0693. The van der Waals surface area contributed by atoms with Crippen LogP contribution < -0.4 is 10.6 Å². The van der Waals surface area contributed by atoms with E-state index < -0.39 is 6.67 Å². The number of nitrogens with one attached hydrogen (secondary N) is 2. The van der Waals surface area contributed by atoms with Crippen molar-refractivity contribution < 1.29 is 9.18 Å². The van der Waals surface area contributed by atoms with E-state index in [2.05, 4.69) is 10.6 Å². The topological polar surface area (TPSA) is 41.1 Å². The van der Waals surface area contributed by atoms with Crippen molar-refractivity contribution in [2.45, 2.75) is 18.9 Å². The van der Waals surface area contributed by atoms with E-state index in [4.69, 9.17) is 0 Å². The lowest BCUT2D eigenvalue weighted by Crippen LogP contribution is -2.41. The average Bonchev–Trinajstić information content (AvgIpc) is 2.52. The second kappa shape index (κ2) is 4.28. The molecule has 0 bridgehead atoms. The Hall–Kier alpha value is -0.640. The molecule has 2 N–H and O–H groups in total. The van der Waals surface area contributed by atoms with E-state index >= 15 is 0 Å². The van der Waals surface area contributed by atoms with Gasteiger partial charge in [-0.2, -0.15) is 0 Å². The molecular formula is C7H13FN2O. The van der Waals surface area contributed by atoms with Gasteiger partial charge in [0.1, 0.15) is 6.67 Å². The maximum Gasteiger partial charge on any atom is 0.237 e. The number of hydrogen-bond donors (Lipinski definition) is 2. The molecule has 64 valence electrons. The molecule has 1 amide bonds. The van der Waals surface area contributed by atoms with E-state index in [-0.39, 0.29) is 18.5 Å². The summed E-state index contributed by atoms with van der Waals surface area (Å²) in [5.41, 5.74) is 0. The summed E-state index contributed by atoms with van der Waals surface area (Å²) in [5.74, 6) is -0.0693. The smallest absolute Gasteiger partial charge is 0.237 e. The highest BCUT2D eigenvalue weighted by molar-refractivity contribution is 5.81. The zero-order chi connectivity index (χ0) is 8.10. The Morgan fingerprint density at radius 3 is 3.09 bits per heavy atom. The van der Waals surface area contributed by atoms with Crippen LogP contribution in [0.25, 0.3) is 0 Å². The Bertz CT molecular complexity index is 134. The van der Waals surface area contributed by atoms with Gasteiger partial charge in [-0.1, -0.05) is 0 Å². The highest BCUT2D eigenvalue weighted by atomic mass is 19.1. The number of hydrogen-bond acceptors (Lipinski definition) is 2. The first kappa shape index (κ1) is 8.46. The number of carbonyl (C=O) groups excluding carboxylic acids is 1. The van der Waals surface area contributed by atoms with Gasteiger partial charge in [0.25, 0.3) is 0 Å². The van der Waals surface area contributed by atoms with Crippen LogP contribution in [0.2, 0.25) is 0 Å². The molecule has 1 heterocycles. The van der Waals surface area contributed by atoms with Crippen LogP contribution in [0.3, 0.4) is 0 Å². The van der Waals surface area contributed by atoms with Crippen LogP contribution in [0, 0.1) is 0 Å². The van der Waals surface area contributed by atoms with Gasteiger partial charge < -0.3 is 10.6 Å². The van der Waals surface area contributed by atoms with Crippen molar-refractivity contribution >= 4 is 5.91 Å². The van der Waals surface area contributed by atoms with Gasteiger partial charge in [-0.3, -0.25) is 4.79 Å². The average molecular weight is 160 g/mol. The molecule has 0 aromatic heterocycles. The maximum absolute atomic E-state index is 11.6. The molecule has 4 heteroatoms. The molecule has 3 nitrogen and oxygen atoms in total. The monoisotopic (exact) mass is 160 g/mol. The van der Waals surface area contributed by atoms with Gasteiger partial charge in [-0.05, 0) is 19.4 Å². The van der Waals surface area contributed by atoms with E-state index in [1.807, 2.05) is 0 Å². The van der Waals surface area contributed by atoms with Gasteiger partial charge in [0, 0.05) is 6.54 Å². The quantitative estimate of drug-likeness (QED) is 0.601. The summed E-state index contributed by atoms with van der Waals surface area (Å²) in [6.45, 7) is 0.545. The number of amides is 1. The van der Waals surface area contributed by atoms with Gasteiger partial charge >= 0.3 is 0 Å². The predicted molar refractivity (Wildman–Crippen MR) is 40.0 cm³/mol. The minimum atomic E-state index is -0.488.